The van der Waals surface area contributed by atoms with Crippen molar-refractivity contribution in [2.24, 2.45) is 38.9 Å². The first kappa shape index (κ1) is 38.1. The number of hydrogen-bond acceptors (Lipinski definition) is 0. The predicted octanol–water partition coefficient (Wildman–Crippen LogP) is 6.28. The van der Waals surface area contributed by atoms with E-state index >= 15 is 0 Å². The van der Waals surface area contributed by atoms with Crippen molar-refractivity contribution >= 4 is 8.78 Å². The van der Waals surface area contributed by atoms with Crippen LogP contribution in [0.5, 0.6) is 0 Å². The quantitative estimate of drug-likeness (QED) is 0.343. The number of rotatable bonds is 3. The fourth-order valence-corrected chi connectivity index (χ4v) is 22.7. The maximum absolute atomic E-state index is 2.83. The van der Waals surface area contributed by atoms with Crippen molar-refractivity contribution in [2.75, 3.05) is 0 Å². The van der Waals surface area contributed by atoms with E-state index in [9.17, 15) is 0 Å². The summed E-state index contributed by atoms with van der Waals surface area (Å²) in [7, 11) is 0. The van der Waals surface area contributed by atoms with E-state index in [1.165, 1.54) is 24.8 Å². The van der Waals surface area contributed by atoms with Crippen LogP contribution in [0.4, 0.5) is 0 Å². The number of fused-ring (bicyclic) bond motifs is 6. The molecule has 4 atom stereocenters. The Morgan fingerprint density at radius 3 is 2.11 bits per heavy atom. The Bertz CT molecular complexity index is 1620. The minimum Gasteiger partial charge on any atom is -1.00 e. The van der Waals surface area contributed by atoms with Crippen LogP contribution >= 0.6 is 0 Å². The zero-order chi connectivity index (χ0) is 32.4. The van der Waals surface area contributed by atoms with E-state index in [-0.39, 0.29) is 55.0 Å². The van der Waals surface area contributed by atoms with Gasteiger partial charge in [0.25, 0.3) is 0 Å². The van der Waals surface area contributed by atoms with Crippen LogP contribution in [0.1, 0.15) is 127 Å². The van der Waals surface area contributed by atoms with E-state index in [0.29, 0.717) is 11.8 Å². The topological polar surface area (TPSA) is 0 Å². The van der Waals surface area contributed by atoms with Gasteiger partial charge in [0.05, 0.1) is 0 Å². The number of allylic oxidation sites excluding steroid dienone is 10. The molecule has 0 amide bonds. The number of halogens is 2. The van der Waals surface area contributed by atoms with Gasteiger partial charge in [-0.25, -0.2) is 0 Å². The summed E-state index contributed by atoms with van der Waals surface area (Å²) in [5.74, 6) is 1.14. The standard InChI is InChI=1S/C29H37.C11H17.C3H6.2ClH.Zr/c1-18-25-22-17-19-13-9-10-14-20(19)24(22)21-15-11-12-16-23(21)29(25,8)28(6,7)27(4,5)26(18,2)3;1-5-9-6-7-10(8-9)11(2,3)4;1-3-2;;;/h9-11,13-15,23H,12,16-17H2,1-8H3;7-9H,5H2,1-4H3;1-2H3;2*1H;/q;;;;;+2/p-2. The van der Waals surface area contributed by atoms with Crippen molar-refractivity contribution in [1.82, 2.24) is 0 Å². The summed E-state index contributed by atoms with van der Waals surface area (Å²) in [6.45, 7) is 36.5. The van der Waals surface area contributed by atoms with Gasteiger partial charge in [-0.2, -0.15) is 0 Å². The van der Waals surface area contributed by atoms with E-state index in [0.717, 1.165) is 6.42 Å². The third kappa shape index (κ3) is 4.62. The van der Waals surface area contributed by atoms with E-state index in [1.54, 1.807) is 31.1 Å². The smallest absolute Gasteiger partial charge is 1.00 e. The zero-order valence-corrected chi connectivity index (χ0v) is 35.3. The normalized spacial score (nSPS) is 31.2. The summed E-state index contributed by atoms with van der Waals surface area (Å²) < 4.78 is 3.78. The van der Waals surface area contributed by atoms with Crippen LogP contribution in [0.2, 0.25) is 3.12 Å². The molecule has 46 heavy (non-hydrogen) atoms. The Kier molecular flexibility index (Phi) is 9.88. The van der Waals surface area contributed by atoms with Crippen molar-refractivity contribution in [3.63, 3.8) is 0 Å². The van der Waals surface area contributed by atoms with Gasteiger partial charge in [-0.15, -0.1) is 0 Å². The van der Waals surface area contributed by atoms with Gasteiger partial charge in [0.15, 0.2) is 0 Å². The van der Waals surface area contributed by atoms with Crippen molar-refractivity contribution in [3.05, 3.63) is 85.3 Å². The monoisotopic (exact) mass is 736 g/mol. The molecule has 4 unspecified atom stereocenters. The summed E-state index contributed by atoms with van der Waals surface area (Å²) in [6, 6.07) is 9.43. The van der Waals surface area contributed by atoms with Crippen molar-refractivity contribution in [3.8, 4) is 0 Å². The third-order valence-corrected chi connectivity index (χ3v) is 24.7. The summed E-state index contributed by atoms with van der Waals surface area (Å²) in [5, 5.41) is 0. The predicted molar refractivity (Wildman–Crippen MR) is 190 cm³/mol. The van der Waals surface area contributed by atoms with Crippen LogP contribution < -0.4 is 24.8 Å². The second-order valence-corrected chi connectivity index (χ2v) is 26.3. The maximum Gasteiger partial charge on any atom is -1.00 e. The summed E-state index contributed by atoms with van der Waals surface area (Å²) >= 11 is -2.59. The van der Waals surface area contributed by atoms with Crippen LogP contribution in [-0.4, -0.2) is 3.21 Å². The molecule has 0 heterocycles. The van der Waals surface area contributed by atoms with Gasteiger partial charge in [-0.3, -0.25) is 0 Å². The van der Waals surface area contributed by atoms with Crippen LogP contribution in [0.25, 0.3) is 5.57 Å². The first-order valence-electron chi connectivity index (χ1n) is 17.7. The second kappa shape index (κ2) is 11.9. The van der Waals surface area contributed by atoms with Gasteiger partial charge in [0.1, 0.15) is 0 Å². The molecular weight excluding hydrogens is 679 g/mol. The van der Waals surface area contributed by atoms with Crippen molar-refractivity contribution < 1.29 is 46.1 Å². The Morgan fingerprint density at radius 1 is 0.891 bits per heavy atom. The fourth-order valence-electron chi connectivity index (χ4n) is 11.1. The molecule has 5 aliphatic rings. The van der Waals surface area contributed by atoms with Crippen LogP contribution in [0, 0.1) is 38.9 Å². The van der Waals surface area contributed by atoms with Crippen LogP contribution in [-0.2, 0) is 27.7 Å². The minimum atomic E-state index is -2.59. The first-order chi connectivity index (χ1) is 20.3. The molecule has 3 heteroatoms. The molecule has 0 radical (unpaired) electrons. The Hall–Kier alpha value is -0.747. The third-order valence-electron chi connectivity index (χ3n) is 14.9. The average Bonchev–Trinajstić information content (AvgIpc) is 3.54. The van der Waals surface area contributed by atoms with E-state index in [2.05, 4.69) is 146 Å². The van der Waals surface area contributed by atoms with Gasteiger partial charge >= 0.3 is 280 Å². The summed E-state index contributed by atoms with van der Waals surface area (Å²) in [6.07, 6.45) is 15.3. The number of hydrogen-bond donors (Lipinski definition) is 0. The molecule has 0 aromatic heterocycles. The first-order valence-corrected chi connectivity index (χ1v) is 21.3. The van der Waals surface area contributed by atoms with E-state index in [1.807, 2.05) is 8.85 Å². The van der Waals surface area contributed by atoms with E-state index in [4.69, 9.17) is 0 Å². The molecule has 0 N–H and O–H groups in total. The SMILES string of the molecule is CCC1C=C(C(C)(C)C)C=[C]1[Zr+2](=[C](C)C)[C]1(C)C2=C3Cc4ccccc4C3=C3C=CCCC3C2(C)C(C)(C)C(C)(C)C1(C)C.[Cl-].[Cl-]. The van der Waals surface area contributed by atoms with Gasteiger partial charge < -0.3 is 24.8 Å². The molecule has 0 spiro atoms. The molecule has 0 aliphatic heterocycles. The summed E-state index contributed by atoms with van der Waals surface area (Å²) in [4.78, 5) is 0. The molecule has 1 aromatic rings. The molecule has 6 rings (SSSR count). The van der Waals surface area contributed by atoms with Crippen molar-refractivity contribution in [2.45, 2.75) is 126 Å². The van der Waals surface area contributed by atoms with E-state index < -0.39 is 21.3 Å². The Labute approximate surface area is 302 Å². The molecule has 250 valence electrons. The Balaban J connectivity index is 0.00000240. The fraction of sp³-hybridized carbons (Fsp3) is 0.605. The summed E-state index contributed by atoms with van der Waals surface area (Å²) in [5.41, 5.74) is 12.2. The maximum atomic E-state index is 2.83. The van der Waals surface area contributed by atoms with Gasteiger partial charge in [0, 0.05) is 0 Å². The van der Waals surface area contributed by atoms with Gasteiger partial charge in [0.2, 0.25) is 0 Å². The van der Waals surface area contributed by atoms with Crippen LogP contribution in [0.15, 0.2) is 74.1 Å². The minimum absolute atomic E-state index is 0. The second-order valence-electron chi connectivity index (χ2n) is 18.1. The van der Waals surface area contributed by atoms with Gasteiger partial charge in [-0.05, 0) is 0 Å². The molecule has 0 saturated heterocycles. The van der Waals surface area contributed by atoms with Gasteiger partial charge in [-0.1, -0.05) is 0 Å². The molecule has 5 aliphatic carbocycles. The molecule has 1 aromatic carbocycles. The Morgan fingerprint density at radius 2 is 1.52 bits per heavy atom. The van der Waals surface area contributed by atoms with Crippen molar-refractivity contribution in [1.29, 1.82) is 0 Å². The molecule has 1 saturated carbocycles. The molecule has 0 nitrogen and oxygen atoms in total. The average molecular weight is 739 g/mol. The van der Waals surface area contributed by atoms with Crippen LogP contribution in [0.3, 0.4) is 0 Å². The number of benzene rings is 1. The molecular formula is C43H60Cl2Zr. The zero-order valence-electron chi connectivity index (χ0n) is 31.4. The molecule has 1 fully saturated rings. The largest absolute Gasteiger partial charge is 1.00 e. The molecule has 0 bridgehead atoms.